The molecule has 0 spiro atoms. The molecule has 140 valence electrons. The predicted molar refractivity (Wildman–Crippen MR) is 115 cm³/mol. The van der Waals surface area contributed by atoms with Gasteiger partial charge >= 0.3 is 0 Å². The van der Waals surface area contributed by atoms with Crippen molar-refractivity contribution in [1.82, 2.24) is 4.98 Å². The van der Waals surface area contributed by atoms with Crippen LogP contribution in [0.1, 0.15) is 12.5 Å². The minimum atomic E-state index is 0.497. The Balaban J connectivity index is 1.64. The number of nitrogens with one attached hydrogen (secondary N) is 1. The minimum Gasteiger partial charge on any atom is -0.491 e. The zero-order valence-electron chi connectivity index (χ0n) is 14.9. The Labute approximate surface area is 171 Å². The van der Waals surface area contributed by atoms with Gasteiger partial charge in [-0.2, -0.15) is 5.10 Å². The molecular formula is C20H20BrN3O2S. The summed E-state index contributed by atoms with van der Waals surface area (Å²) in [4.78, 5) is 4.56. The molecule has 0 unspecified atom stereocenters. The van der Waals surface area contributed by atoms with Crippen molar-refractivity contribution < 1.29 is 9.47 Å². The van der Waals surface area contributed by atoms with Crippen LogP contribution >= 0.6 is 27.3 Å². The van der Waals surface area contributed by atoms with Crippen molar-refractivity contribution in [2.45, 2.75) is 6.92 Å². The van der Waals surface area contributed by atoms with Crippen molar-refractivity contribution in [3.63, 3.8) is 0 Å². The Kier molecular flexibility index (Phi) is 7.38. The lowest BCUT2D eigenvalue weighted by Crippen LogP contribution is -2.07. The first-order chi connectivity index (χ1) is 13.3. The first-order valence-electron chi connectivity index (χ1n) is 8.56. The SMILES string of the molecule is CCOCCOc1ccc(Br)cc1C=NNc1nc(-c2ccccc2)cs1. The summed E-state index contributed by atoms with van der Waals surface area (Å²) in [6, 6.07) is 15.9. The van der Waals surface area contributed by atoms with Crippen LogP contribution in [0.25, 0.3) is 11.3 Å². The second kappa shape index (κ2) is 10.2. The lowest BCUT2D eigenvalue weighted by molar-refractivity contribution is 0.110. The quantitative estimate of drug-likeness (QED) is 0.270. The molecule has 0 atom stereocenters. The number of hydrogen-bond donors (Lipinski definition) is 1. The molecule has 1 heterocycles. The highest BCUT2D eigenvalue weighted by molar-refractivity contribution is 9.10. The summed E-state index contributed by atoms with van der Waals surface area (Å²) in [5.74, 6) is 0.757. The Morgan fingerprint density at radius 1 is 1.19 bits per heavy atom. The second-order valence-corrected chi connectivity index (χ2v) is 7.28. The van der Waals surface area contributed by atoms with Gasteiger partial charge in [-0.3, -0.25) is 5.43 Å². The van der Waals surface area contributed by atoms with Gasteiger partial charge < -0.3 is 9.47 Å². The van der Waals surface area contributed by atoms with E-state index in [9.17, 15) is 0 Å². The Hall–Kier alpha value is -2.22. The Morgan fingerprint density at radius 3 is 2.85 bits per heavy atom. The summed E-state index contributed by atoms with van der Waals surface area (Å²) in [7, 11) is 0. The van der Waals surface area contributed by atoms with Crippen LogP contribution in [0.5, 0.6) is 5.75 Å². The number of thiazole rings is 1. The van der Waals surface area contributed by atoms with E-state index in [1.165, 1.54) is 11.3 Å². The fourth-order valence-electron chi connectivity index (χ4n) is 2.33. The monoisotopic (exact) mass is 445 g/mol. The van der Waals surface area contributed by atoms with Gasteiger partial charge in [-0.15, -0.1) is 11.3 Å². The van der Waals surface area contributed by atoms with E-state index in [-0.39, 0.29) is 0 Å². The van der Waals surface area contributed by atoms with Crippen LogP contribution < -0.4 is 10.2 Å². The van der Waals surface area contributed by atoms with Gasteiger partial charge in [0.1, 0.15) is 12.4 Å². The molecule has 7 heteroatoms. The molecule has 1 N–H and O–H groups in total. The smallest absolute Gasteiger partial charge is 0.203 e. The van der Waals surface area contributed by atoms with Crippen molar-refractivity contribution in [2.75, 3.05) is 25.2 Å². The lowest BCUT2D eigenvalue weighted by atomic mass is 10.2. The summed E-state index contributed by atoms with van der Waals surface area (Å²) >= 11 is 5.00. The van der Waals surface area contributed by atoms with E-state index >= 15 is 0 Å². The van der Waals surface area contributed by atoms with E-state index in [1.54, 1.807) is 6.21 Å². The van der Waals surface area contributed by atoms with E-state index < -0.39 is 0 Å². The topological polar surface area (TPSA) is 55.7 Å². The van der Waals surface area contributed by atoms with Gasteiger partial charge in [0.15, 0.2) is 0 Å². The highest BCUT2D eigenvalue weighted by atomic mass is 79.9. The standard InChI is InChI=1S/C20H20BrN3O2S/c1-2-25-10-11-26-19-9-8-17(21)12-16(19)13-22-24-20-23-18(14-27-20)15-6-4-3-5-7-15/h3-9,12-14H,2,10-11H2,1H3,(H,23,24). The Bertz CT molecular complexity index is 884. The molecule has 5 nitrogen and oxygen atoms in total. The number of halogens is 1. The number of hydrogen-bond acceptors (Lipinski definition) is 6. The van der Waals surface area contributed by atoms with E-state index in [0.717, 1.165) is 32.2 Å². The molecule has 3 rings (SSSR count). The largest absolute Gasteiger partial charge is 0.491 e. The van der Waals surface area contributed by atoms with Gasteiger partial charge in [0.05, 0.1) is 18.5 Å². The third-order valence-corrected chi connectivity index (χ3v) is 4.84. The number of nitrogens with zero attached hydrogens (tertiary/aromatic N) is 2. The number of rotatable bonds is 9. The van der Waals surface area contributed by atoms with E-state index in [2.05, 4.69) is 31.4 Å². The molecule has 0 saturated heterocycles. The lowest BCUT2D eigenvalue weighted by Gasteiger charge is -2.09. The van der Waals surface area contributed by atoms with E-state index in [0.29, 0.717) is 19.8 Å². The average Bonchev–Trinajstić information content (AvgIpc) is 3.16. The van der Waals surface area contributed by atoms with Crippen molar-refractivity contribution in [2.24, 2.45) is 5.10 Å². The van der Waals surface area contributed by atoms with Gasteiger partial charge in [-0.25, -0.2) is 4.98 Å². The summed E-state index contributed by atoms with van der Waals surface area (Å²) in [6.07, 6.45) is 1.73. The van der Waals surface area contributed by atoms with Gasteiger partial charge in [0, 0.05) is 27.6 Å². The zero-order valence-corrected chi connectivity index (χ0v) is 17.3. The van der Waals surface area contributed by atoms with E-state index in [4.69, 9.17) is 9.47 Å². The number of anilines is 1. The normalized spacial score (nSPS) is 11.0. The van der Waals surface area contributed by atoms with Crippen molar-refractivity contribution in [3.05, 3.63) is 63.9 Å². The summed E-state index contributed by atoms with van der Waals surface area (Å²) in [5, 5.41) is 7.05. The van der Waals surface area contributed by atoms with E-state index in [1.807, 2.05) is 60.8 Å². The summed E-state index contributed by atoms with van der Waals surface area (Å²) in [5.41, 5.74) is 5.87. The molecule has 0 aliphatic heterocycles. The molecule has 0 radical (unpaired) electrons. The molecule has 0 amide bonds. The zero-order chi connectivity index (χ0) is 18.9. The maximum Gasteiger partial charge on any atom is 0.203 e. The molecule has 0 saturated carbocycles. The molecule has 0 aliphatic rings. The number of aromatic nitrogens is 1. The fourth-order valence-corrected chi connectivity index (χ4v) is 3.38. The molecular weight excluding hydrogens is 426 g/mol. The summed E-state index contributed by atoms with van der Waals surface area (Å²) < 4.78 is 12.1. The van der Waals surface area contributed by atoms with Crippen molar-refractivity contribution in [3.8, 4) is 17.0 Å². The van der Waals surface area contributed by atoms with Crippen LogP contribution in [0.4, 0.5) is 5.13 Å². The van der Waals surface area contributed by atoms with Gasteiger partial charge in [-0.1, -0.05) is 46.3 Å². The molecule has 0 bridgehead atoms. The fraction of sp³-hybridized carbons (Fsp3) is 0.200. The molecule has 27 heavy (non-hydrogen) atoms. The predicted octanol–water partition coefficient (Wildman–Crippen LogP) is 5.43. The molecule has 0 fully saturated rings. The molecule has 3 aromatic rings. The van der Waals surface area contributed by atoms with Crippen LogP contribution in [-0.4, -0.2) is 31.0 Å². The number of hydrazone groups is 1. The van der Waals surface area contributed by atoms with Gasteiger partial charge in [0.2, 0.25) is 5.13 Å². The van der Waals surface area contributed by atoms with Crippen LogP contribution in [0.15, 0.2) is 63.5 Å². The first-order valence-corrected chi connectivity index (χ1v) is 10.2. The van der Waals surface area contributed by atoms with Crippen LogP contribution in [0.2, 0.25) is 0 Å². The van der Waals surface area contributed by atoms with Crippen LogP contribution in [0, 0.1) is 0 Å². The third-order valence-electron chi connectivity index (χ3n) is 3.60. The highest BCUT2D eigenvalue weighted by Gasteiger charge is 2.05. The Morgan fingerprint density at radius 2 is 2.04 bits per heavy atom. The average molecular weight is 446 g/mol. The second-order valence-electron chi connectivity index (χ2n) is 5.50. The minimum absolute atomic E-state index is 0.497. The van der Waals surface area contributed by atoms with Gasteiger partial charge in [0.25, 0.3) is 0 Å². The highest BCUT2D eigenvalue weighted by Crippen LogP contribution is 2.25. The third kappa shape index (κ3) is 5.89. The van der Waals surface area contributed by atoms with Crippen LogP contribution in [-0.2, 0) is 4.74 Å². The van der Waals surface area contributed by atoms with Crippen LogP contribution in [0.3, 0.4) is 0 Å². The number of ether oxygens (including phenoxy) is 2. The molecule has 0 aliphatic carbocycles. The first kappa shape index (κ1) is 19.5. The maximum absolute atomic E-state index is 5.78. The maximum atomic E-state index is 5.78. The number of benzene rings is 2. The van der Waals surface area contributed by atoms with Crippen molar-refractivity contribution >= 4 is 38.6 Å². The summed E-state index contributed by atoms with van der Waals surface area (Å²) in [6.45, 7) is 3.70. The van der Waals surface area contributed by atoms with Gasteiger partial charge in [-0.05, 0) is 25.1 Å². The molecule has 1 aromatic heterocycles. The molecule has 2 aromatic carbocycles. The van der Waals surface area contributed by atoms with Crippen molar-refractivity contribution in [1.29, 1.82) is 0 Å².